The van der Waals surface area contributed by atoms with Gasteiger partial charge in [-0.3, -0.25) is 4.79 Å². The number of hydrogen-bond donors (Lipinski definition) is 2. The highest BCUT2D eigenvalue weighted by molar-refractivity contribution is 7.17. The van der Waals surface area contributed by atoms with E-state index in [0.29, 0.717) is 58.2 Å². The Morgan fingerprint density at radius 2 is 1.97 bits per heavy atom. The molecule has 0 aliphatic carbocycles. The van der Waals surface area contributed by atoms with E-state index in [0.717, 1.165) is 0 Å². The normalized spacial score (nSPS) is 17.6. The number of nitrogens with zero attached hydrogens (tertiary/aromatic N) is 4. The van der Waals surface area contributed by atoms with Crippen molar-refractivity contribution in [1.29, 1.82) is 0 Å². The summed E-state index contributed by atoms with van der Waals surface area (Å²) in [5.74, 6) is -0.844. The summed E-state index contributed by atoms with van der Waals surface area (Å²) >= 11 is 19.4. The van der Waals surface area contributed by atoms with Crippen LogP contribution in [0.2, 0.25) is 15.2 Å². The van der Waals surface area contributed by atoms with Crippen molar-refractivity contribution >= 4 is 63.1 Å². The molecule has 1 saturated heterocycles. The van der Waals surface area contributed by atoms with Gasteiger partial charge in [0.05, 0.1) is 41.2 Å². The molecular formula is C23H25Cl3N6O4S. The first kappa shape index (κ1) is 27.6. The van der Waals surface area contributed by atoms with Gasteiger partial charge in [0.1, 0.15) is 27.1 Å². The monoisotopic (exact) mass is 586 g/mol. The minimum Gasteiger partial charge on any atom is -0.462 e. The molecule has 2 unspecified atom stereocenters. The average molecular weight is 588 g/mol. The number of ether oxygens (including phenoxy) is 2. The van der Waals surface area contributed by atoms with E-state index in [1.54, 1.807) is 13.8 Å². The standard InChI is InChI=1S/C23H25Cl3N6O4S/c1-4-35-14-10-32(7-6-12(14)30-21(33)19-17(26)16(25)11(3)29-19)23-31-18(13-8-28-15(24)9-27-13)20(37-23)22(34)36-5-2/h8-9,12,14,29H,4-7,10H2,1-3H3,(H,30,33). The third-order valence-corrected chi connectivity index (χ3v) is 7.99. The number of H-pyrrole nitrogens is 1. The van der Waals surface area contributed by atoms with E-state index >= 15 is 0 Å². The molecule has 2 atom stereocenters. The average Bonchev–Trinajstić information content (AvgIpc) is 3.43. The predicted octanol–water partition coefficient (Wildman–Crippen LogP) is 4.79. The zero-order chi connectivity index (χ0) is 26.7. The van der Waals surface area contributed by atoms with Crippen LogP contribution in [0.3, 0.4) is 0 Å². The van der Waals surface area contributed by atoms with Gasteiger partial charge in [0.15, 0.2) is 5.13 Å². The minimum atomic E-state index is -0.488. The third kappa shape index (κ3) is 6.01. The lowest BCUT2D eigenvalue weighted by atomic mass is 10.0. The lowest BCUT2D eigenvalue weighted by Gasteiger charge is -2.38. The van der Waals surface area contributed by atoms with Crippen LogP contribution in [0.5, 0.6) is 0 Å². The number of aromatic amines is 1. The van der Waals surface area contributed by atoms with E-state index in [2.05, 4.69) is 20.3 Å². The Morgan fingerprint density at radius 1 is 1.19 bits per heavy atom. The molecule has 2 N–H and O–H groups in total. The zero-order valence-corrected chi connectivity index (χ0v) is 23.4. The van der Waals surface area contributed by atoms with E-state index in [1.165, 1.54) is 23.7 Å². The Bertz CT molecular complexity index is 1280. The van der Waals surface area contributed by atoms with Gasteiger partial charge in [-0.25, -0.2) is 19.7 Å². The van der Waals surface area contributed by atoms with Crippen molar-refractivity contribution in [3.05, 3.63) is 43.9 Å². The Balaban J connectivity index is 1.56. The molecule has 4 rings (SSSR count). The fraction of sp³-hybridized carbons (Fsp3) is 0.435. The molecule has 1 aliphatic heterocycles. The largest absolute Gasteiger partial charge is 0.462 e. The van der Waals surface area contributed by atoms with E-state index in [-0.39, 0.29) is 40.5 Å². The molecule has 1 fully saturated rings. The molecule has 0 bridgehead atoms. The van der Waals surface area contributed by atoms with Gasteiger partial charge in [-0.2, -0.15) is 0 Å². The minimum absolute atomic E-state index is 0.189. The Morgan fingerprint density at radius 3 is 2.59 bits per heavy atom. The highest BCUT2D eigenvalue weighted by Gasteiger charge is 2.34. The molecule has 4 heterocycles. The molecule has 3 aromatic heterocycles. The number of halogens is 3. The smallest absolute Gasteiger partial charge is 0.350 e. The molecule has 0 spiro atoms. The van der Waals surface area contributed by atoms with Crippen molar-refractivity contribution < 1.29 is 19.1 Å². The van der Waals surface area contributed by atoms with Gasteiger partial charge in [-0.1, -0.05) is 46.1 Å². The molecule has 198 valence electrons. The third-order valence-electron chi connectivity index (χ3n) is 5.75. The van der Waals surface area contributed by atoms with Crippen LogP contribution in [-0.4, -0.2) is 70.3 Å². The molecule has 10 nitrogen and oxygen atoms in total. The fourth-order valence-corrected chi connectivity index (χ4v) is 5.51. The molecule has 1 amide bonds. The number of nitrogens with one attached hydrogen (secondary N) is 2. The number of carbonyl (C=O) groups excluding carboxylic acids is 2. The van der Waals surface area contributed by atoms with Gasteiger partial charge in [0.2, 0.25) is 0 Å². The maximum absolute atomic E-state index is 12.9. The van der Waals surface area contributed by atoms with Crippen LogP contribution in [0.15, 0.2) is 12.4 Å². The summed E-state index contributed by atoms with van der Waals surface area (Å²) in [5.41, 5.74) is 1.62. The number of aromatic nitrogens is 4. The zero-order valence-electron chi connectivity index (χ0n) is 20.3. The number of aryl methyl sites for hydroxylation is 1. The molecule has 0 saturated carbocycles. The number of thiazole rings is 1. The number of esters is 1. The van der Waals surface area contributed by atoms with Crippen molar-refractivity contribution in [2.45, 2.75) is 39.3 Å². The van der Waals surface area contributed by atoms with Crippen LogP contribution in [0, 0.1) is 6.92 Å². The van der Waals surface area contributed by atoms with Gasteiger partial charge in [-0.05, 0) is 27.2 Å². The van der Waals surface area contributed by atoms with E-state index in [1.807, 2.05) is 11.8 Å². The summed E-state index contributed by atoms with van der Waals surface area (Å²) in [5, 5.41) is 4.38. The number of carbonyl (C=O) groups is 2. The second-order valence-electron chi connectivity index (χ2n) is 8.18. The number of hydrogen-bond acceptors (Lipinski definition) is 9. The summed E-state index contributed by atoms with van der Waals surface area (Å²) in [6.45, 7) is 7.06. The first-order valence-electron chi connectivity index (χ1n) is 11.6. The molecule has 0 aromatic carbocycles. The fourth-order valence-electron chi connectivity index (χ4n) is 3.99. The van der Waals surface area contributed by atoms with Crippen molar-refractivity contribution in [3.63, 3.8) is 0 Å². The highest BCUT2D eigenvalue weighted by atomic mass is 35.5. The van der Waals surface area contributed by atoms with Gasteiger partial charge in [0.25, 0.3) is 5.91 Å². The van der Waals surface area contributed by atoms with E-state index in [4.69, 9.17) is 49.3 Å². The van der Waals surface area contributed by atoms with Crippen molar-refractivity contribution in [2.75, 3.05) is 31.2 Å². The maximum atomic E-state index is 12.9. The SMILES string of the molecule is CCOC(=O)c1sc(N2CCC(NC(=O)c3[nH]c(C)c(Cl)c3Cl)C(OCC)C2)nc1-c1cnc(Cl)cn1. The van der Waals surface area contributed by atoms with Crippen LogP contribution in [0.4, 0.5) is 5.13 Å². The van der Waals surface area contributed by atoms with Gasteiger partial charge >= 0.3 is 5.97 Å². The van der Waals surface area contributed by atoms with Gasteiger partial charge < -0.3 is 24.7 Å². The van der Waals surface area contributed by atoms with Crippen molar-refractivity contribution in [1.82, 2.24) is 25.3 Å². The molecule has 14 heteroatoms. The Hall–Kier alpha value is -2.44. The molecule has 1 aliphatic rings. The number of amides is 1. The molecule has 37 heavy (non-hydrogen) atoms. The van der Waals surface area contributed by atoms with Crippen LogP contribution in [0.1, 0.15) is 46.1 Å². The first-order valence-corrected chi connectivity index (χ1v) is 13.5. The number of rotatable bonds is 8. The number of anilines is 1. The lowest BCUT2D eigenvalue weighted by Crippen LogP contribution is -2.55. The van der Waals surface area contributed by atoms with Crippen LogP contribution in [-0.2, 0) is 9.47 Å². The van der Waals surface area contributed by atoms with Crippen LogP contribution in [0.25, 0.3) is 11.4 Å². The summed E-state index contributed by atoms with van der Waals surface area (Å²) in [6, 6.07) is -0.270. The summed E-state index contributed by atoms with van der Waals surface area (Å²) in [4.78, 5) is 43.9. The lowest BCUT2D eigenvalue weighted by molar-refractivity contribution is 0.0272. The van der Waals surface area contributed by atoms with Gasteiger partial charge in [-0.15, -0.1) is 0 Å². The van der Waals surface area contributed by atoms with Crippen molar-refractivity contribution in [3.8, 4) is 11.4 Å². The molecular weight excluding hydrogens is 563 g/mol. The van der Waals surface area contributed by atoms with Gasteiger partial charge in [0, 0.05) is 25.4 Å². The van der Waals surface area contributed by atoms with Crippen LogP contribution >= 0.6 is 46.1 Å². The maximum Gasteiger partial charge on any atom is 0.350 e. The predicted molar refractivity (Wildman–Crippen MR) is 143 cm³/mol. The topological polar surface area (TPSA) is 122 Å². The molecule has 0 radical (unpaired) electrons. The van der Waals surface area contributed by atoms with E-state index in [9.17, 15) is 9.59 Å². The summed E-state index contributed by atoms with van der Waals surface area (Å²) in [6.07, 6.45) is 3.11. The highest BCUT2D eigenvalue weighted by Crippen LogP contribution is 2.35. The van der Waals surface area contributed by atoms with Crippen molar-refractivity contribution in [2.24, 2.45) is 0 Å². The summed E-state index contributed by atoms with van der Waals surface area (Å²) < 4.78 is 11.2. The second kappa shape index (κ2) is 12.0. The Labute approximate surface area is 232 Å². The van der Waals surface area contributed by atoms with E-state index < -0.39 is 5.97 Å². The number of piperidine rings is 1. The quantitative estimate of drug-likeness (QED) is 0.361. The molecule has 3 aromatic rings. The Kier molecular flexibility index (Phi) is 8.91. The van der Waals surface area contributed by atoms with Crippen LogP contribution < -0.4 is 10.2 Å². The first-order chi connectivity index (χ1) is 17.7. The summed E-state index contributed by atoms with van der Waals surface area (Å²) in [7, 11) is 0. The second-order valence-corrected chi connectivity index (χ2v) is 10.3.